The first kappa shape index (κ1) is 10.7. The Balaban J connectivity index is 2.19. The molecule has 1 atom stereocenters. The van der Waals surface area contributed by atoms with Gasteiger partial charge in [0.25, 0.3) is 0 Å². The number of benzene rings is 1. The molecule has 1 aliphatic rings. The van der Waals surface area contributed by atoms with Crippen LogP contribution in [0.25, 0.3) is 0 Å². The van der Waals surface area contributed by atoms with Gasteiger partial charge in [-0.05, 0) is 48.8 Å². The number of hydrogen-bond acceptors (Lipinski definition) is 1. The maximum absolute atomic E-state index is 9.91. The molecule has 1 aliphatic carbocycles. The molecular formula is C14H20O. The van der Waals surface area contributed by atoms with Crippen LogP contribution in [0.4, 0.5) is 0 Å². The van der Waals surface area contributed by atoms with E-state index in [9.17, 15) is 5.11 Å². The fourth-order valence-corrected chi connectivity index (χ4v) is 2.36. The number of hydrogen-bond donors (Lipinski definition) is 1. The van der Waals surface area contributed by atoms with Crippen LogP contribution < -0.4 is 0 Å². The molecule has 0 spiro atoms. The summed E-state index contributed by atoms with van der Waals surface area (Å²) in [6.45, 7) is 2.22. The predicted octanol–water partition coefficient (Wildman–Crippen LogP) is 3.40. The molecule has 0 bridgehead atoms. The van der Waals surface area contributed by atoms with E-state index >= 15 is 0 Å². The van der Waals surface area contributed by atoms with E-state index in [4.69, 9.17) is 0 Å². The molecule has 0 aromatic heterocycles. The average Bonchev–Trinajstić information content (AvgIpc) is 2.27. The second kappa shape index (κ2) is 4.80. The van der Waals surface area contributed by atoms with Gasteiger partial charge in [0.05, 0.1) is 6.10 Å². The largest absolute Gasteiger partial charge is 0.388 e. The molecule has 0 fully saturated rings. The zero-order valence-electron chi connectivity index (χ0n) is 9.50. The van der Waals surface area contributed by atoms with Crippen LogP contribution in [0.2, 0.25) is 0 Å². The van der Waals surface area contributed by atoms with Crippen LogP contribution in [0.5, 0.6) is 0 Å². The van der Waals surface area contributed by atoms with Gasteiger partial charge in [0.2, 0.25) is 0 Å². The summed E-state index contributed by atoms with van der Waals surface area (Å²) in [5.41, 5.74) is 3.93. The van der Waals surface area contributed by atoms with Gasteiger partial charge in [0.15, 0.2) is 0 Å². The minimum atomic E-state index is -0.213. The van der Waals surface area contributed by atoms with Gasteiger partial charge in [-0.15, -0.1) is 0 Å². The second-order valence-corrected chi connectivity index (χ2v) is 4.54. The molecule has 82 valence electrons. The van der Waals surface area contributed by atoms with E-state index in [-0.39, 0.29) is 6.10 Å². The molecule has 1 nitrogen and oxygen atoms in total. The molecule has 1 heteroatoms. The predicted molar refractivity (Wildman–Crippen MR) is 63.0 cm³/mol. The van der Waals surface area contributed by atoms with Crippen LogP contribution in [0.15, 0.2) is 18.2 Å². The lowest BCUT2D eigenvalue weighted by Gasteiger charge is -2.22. The van der Waals surface area contributed by atoms with Gasteiger partial charge in [0, 0.05) is 0 Å². The summed E-state index contributed by atoms with van der Waals surface area (Å²) in [6, 6.07) is 6.66. The van der Waals surface area contributed by atoms with Crippen molar-refractivity contribution in [2.75, 3.05) is 0 Å². The molecule has 0 aliphatic heterocycles. The Labute approximate surface area is 92.1 Å². The van der Waals surface area contributed by atoms with Crippen molar-refractivity contribution in [1.82, 2.24) is 0 Å². The van der Waals surface area contributed by atoms with Crippen molar-refractivity contribution in [2.24, 2.45) is 0 Å². The fourth-order valence-electron chi connectivity index (χ4n) is 2.36. The lowest BCUT2D eigenvalue weighted by Crippen LogP contribution is -2.09. The minimum absolute atomic E-state index is 0.213. The quantitative estimate of drug-likeness (QED) is 0.800. The van der Waals surface area contributed by atoms with Crippen molar-refractivity contribution in [3.63, 3.8) is 0 Å². The summed E-state index contributed by atoms with van der Waals surface area (Å²) in [7, 11) is 0. The van der Waals surface area contributed by atoms with Crippen molar-refractivity contribution >= 4 is 0 Å². The summed E-state index contributed by atoms with van der Waals surface area (Å²) in [5, 5.41) is 9.91. The first-order valence-corrected chi connectivity index (χ1v) is 6.11. The Morgan fingerprint density at radius 2 is 2.27 bits per heavy atom. The van der Waals surface area contributed by atoms with E-state index in [1.54, 1.807) is 0 Å². The van der Waals surface area contributed by atoms with Gasteiger partial charge in [0.1, 0.15) is 0 Å². The van der Waals surface area contributed by atoms with E-state index in [1.807, 2.05) is 0 Å². The molecule has 1 N–H and O–H groups in total. The zero-order chi connectivity index (χ0) is 10.7. The smallest absolute Gasteiger partial charge is 0.0792 e. The lowest BCUT2D eigenvalue weighted by atomic mass is 9.87. The van der Waals surface area contributed by atoms with Crippen LogP contribution in [0, 0.1) is 0 Å². The van der Waals surface area contributed by atoms with E-state index in [0.717, 1.165) is 25.7 Å². The van der Waals surface area contributed by atoms with E-state index in [2.05, 4.69) is 25.1 Å². The molecular weight excluding hydrogens is 184 g/mol. The Morgan fingerprint density at radius 3 is 3.07 bits per heavy atom. The average molecular weight is 204 g/mol. The number of fused-ring (bicyclic) bond motifs is 1. The van der Waals surface area contributed by atoms with Crippen LogP contribution in [0.3, 0.4) is 0 Å². The van der Waals surface area contributed by atoms with Gasteiger partial charge in [-0.3, -0.25) is 0 Å². The Morgan fingerprint density at radius 1 is 1.40 bits per heavy atom. The standard InChI is InChI=1S/C14H20O/c1-2-3-5-11-8-9-12-6-4-7-14(15)13(12)10-11/h8-10,14-15H,2-7H2,1H3. The van der Waals surface area contributed by atoms with Gasteiger partial charge < -0.3 is 5.11 Å². The third-order valence-electron chi connectivity index (χ3n) is 3.31. The van der Waals surface area contributed by atoms with Crippen LogP contribution >= 0.6 is 0 Å². The molecule has 1 unspecified atom stereocenters. The first-order valence-electron chi connectivity index (χ1n) is 6.11. The van der Waals surface area contributed by atoms with Crippen molar-refractivity contribution in [2.45, 2.75) is 51.6 Å². The molecule has 1 aromatic carbocycles. The number of aliphatic hydroxyl groups is 1. The van der Waals surface area contributed by atoms with Gasteiger partial charge in [-0.25, -0.2) is 0 Å². The highest BCUT2D eigenvalue weighted by atomic mass is 16.3. The third kappa shape index (κ3) is 2.40. The molecule has 15 heavy (non-hydrogen) atoms. The molecule has 0 amide bonds. The highest BCUT2D eigenvalue weighted by molar-refractivity contribution is 5.35. The summed E-state index contributed by atoms with van der Waals surface area (Å²) in [6.07, 6.45) is 6.62. The Bertz CT molecular complexity index is 330. The zero-order valence-corrected chi connectivity index (χ0v) is 9.50. The minimum Gasteiger partial charge on any atom is -0.388 e. The lowest BCUT2D eigenvalue weighted by molar-refractivity contribution is 0.156. The van der Waals surface area contributed by atoms with E-state index in [1.165, 1.54) is 29.5 Å². The van der Waals surface area contributed by atoms with Crippen molar-refractivity contribution in [3.05, 3.63) is 34.9 Å². The second-order valence-electron chi connectivity index (χ2n) is 4.54. The van der Waals surface area contributed by atoms with Crippen molar-refractivity contribution in [1.29, 1.82) is 0 Å². The fraction of sp³-hybridized carbons (Fsp3) is 0.571. The van der Waals surface area contributed by atoms with Gasteiger partial charge in [-0.2, -0.15) is 0 Å². The summed E-state index contributed by atoms with van der Waals surface area (Å²) in [4.78, 5) is 0. The van der Waals surface area contributed by atoms with Gasteiger partial charge in [-0.1, -0.05) is 31.5 Å². The summed E-state index contributed by atoms with van der Waals surface area (Å²) in [5.74, 6) is 0. The van der Waals surface area contributed by atoms with Crippen LogP contribution in [-0.2, 0) is 12.8 Å². The van der Waals surface area contributed by atoms with E-state index < -0.39 is 0 Å². The molecule has 0 heterocycles. The maximum Gasteiger partial charge on any atom is 0.0792 e. The van der Waals surface area contributed by atoms with E-state index in [0.29, 0.717) is 0 Å². The van der Waals surface area contributed by atoms with Gasteiger partial charge >= 0.3 is 0 Å². The molecule has 0 saturated heterocycles. The highest BCUT2D eigenvalue weighted by Crippen LogP contribution is 2.30. The van der Waals surface area contributed by atoms with Crippen molar-refractivity contribution < 1.29 is 5.11 Å². The number of rotatable bonds is 3. The summed E-state index contributed by atoms with van der Waals surface area (Å²) < 4.78 is 0. The maximum atomic E-state index is 9.91. The molecule has 2 rings (SSSR count). The molecule has 1 aromatic rings. The third-order valence-corrected chi connectivity index (χ3v) is 3.31. The summed E-state index contributed by atoms with van der Waals surface area (Å²) >= 11 is 0. The monoisotopic (exact) mass is 204 g/mol. The Hall–Kier alpha value is -0.820. The van der Waals surface area contributed by atoms with Crippen LogP contribution in [0.1, 0.15) is 55.4 Å². The Kier molecular flexibility index (Phi) is 3.42. The first-order chi connectivity index (χ1) is 7.31. The SMILES string of the molecule is CCCCc1ccc2c(c1)C(O)CCC2. The normalized spacial score (nSPS) is 20.0. The van der Waals surface area contributed by atoms with Crippen LogP contribution in [-0.4, -0.2) is 5.11 Å². The number of aliphatic hydroxyl groups excluding tert-OH is 1. The highest BCUT2D eigenvalue weighted by Gasteiger charge is 2.17. The topological polar surface area (TPSA) is 20.2 Å². The number of unbranched alkanes of at least 4 members (excludes halogenated alkanes) is 1. The number of aryl methyl sites for hydroxylation is 2. The van der Waals surface area contributed by atoms with Crippen molar-refractivity contribution in [3.8, 4) is 0 Å². The molecule has 0 saturated carbocycles. The molecule has 0 radical (unpaired) electrons.